The zero-order chi connectivity index (χ0) is 13.8. The minimum absolute atomic E-state index is 0.0561. The molecule has 0 spiro atoms. The highest BCUT2D eigenvalue weighted by Crippen LogP contribution is 2.30. The van der Waals surface area contributed by atoms with Crippen LogP contribution < -0.4 is 4.74 Å². The molecule has 19 heavy (non-hydrogen) atoms. The Kier molecular flexibility index (Phi) is 4.37. The highest BCUT2D eigenvalue weighted by Gasteiger charge is 2.25. The van der Waals surface area contributed by atoms with Crippen LogP contribution in [-0.4, -0.2) is 22.2 Å². The molecule has 0 amide bonds. The number of hydrogen-bond acceptors (Lipinski definition) is 4. The van der Waals surface area contributed by atoms with Gasteiger partial charge < -0.3 is 9.84 Å². The summed E-state index contributed by atoms with van der Waals surface area (Å²) in [5.74, 6) is 0.500. The Bertz CT molecular complexity index is 461. The van der Waals surface area contributed by atoms with E-state index in [4.69, 9.17) is 4.74 Å². The van der Waals surface area contributed by atoms with Crippen LogP contribution in [0.5, 0.6) is 5.75 Å². The van der Waals surface area contributed by atoms with Gasteiger partial charge in [-0.25, -0.2) is 0 Å². The van der Waals surface area contributed by atoms with Crippen LogP contribution in [0.3, 0.4) is 0 Å². The second-order valence-corrected chi connectivity index (χ2v) is 5.02. The smallest absolute Gasteiger partial charge is 0.276 e. The van der Waals surface area contributed by atoms with Crippen molar-refractivity contribution in [3.05, 3.63) is 33.9 Å². The van der Waals surface area contributed by atoms with E-state index in [1.807, 2.05) is 0 Å². The van der Waals surface area contributed by atoms with Gasteiger partial charge in [0.25, 0.3) is 5.69 Å². The van der Waals surface area contributed by atoms with Crippen LogP contribution in [0.4, 0.5) is 5.69 Å². The van der Waals surface area contributed by atoms with Gasteiger partial charge in [-0.1, -0.05) is 18.9 Å². The first kappa shape index (κ1) is 13.8. The molecule has 0 heterocycles. The van der Waals surface area contributed by atoms with Crippen molar-refractivity contribution in [3.8, 4) is 5.75 Å². The van der Waals surface area contributed by atoms with Crippen LogP contribution in [0, 0.1) is 17.0 Å². The van der Waals surface area contributed by atoms with E-state index in [9.17, 15) is 15.2 Å². The lowest BCUT2D eigenvalue weighted by molar-refractivity contribution is -0.385. The summed E-state index contributed by atoms with van der Waals surface area (Å²) in [6, 6.07) is 4.80. The van der Waals surface area contributed by atoms with Gasteiger partial charge in [0.05, 0.1) is 16.6 Å². The molecule has 1 N–H and O–H groups in total. The average Bonchev–Trinajstić information content (AvgIpc) is 2.57. The van der Waals surface area contributed by atoms with Crippen molar-refractivity contribution in [2.24, 2.45) is 0 Å². The van der Waals surface area contributed by atoms with Crippen LogP contribution in [0.2, 0.25) is 0 Å². The Morgan fingerprint density at radius 3 is 2.79 bits per heavy atom. The Balaban J connectivity index is 2.18. The first-order valence-electron chi connectivity index (χ1n) is 6.68. The van der Waals surface area contributed by atoms with Crippen molar-refractivity contribution in [3.63, 3.8) is 0 Å². The van der Waals surface area contributed by atoms with Gasteiger partial charge in [0, 0.05) is 6.07 Å². The van der Waals surface area contributed by atoms with Crippen molar-refractivity contribution in [2.45, 2.75) is 51.2 Å². The Labute approximate surface area is 112 Å². The summed E-state index contributed by atoms with van der Waals surface area (Å²) in [6.07, 6.45) is 3.92. The predicted octanol–water partition coefficient (Wildman–Crippen LogP) is 2.98. The summed E-state index contributed by atoms with van der Waals surface area (Å²) < 4.78 is 5.81. The van der Waals surface area contributed by atoms with E-state index >= 15 is 0 Å². The molecule has 104 valence electrons. The van der Waals surface area contributed by atoms with Crippen LogP contribution in [-0.2, 0) is 0 Å². The maximum Gasteiger partial charge on any atom is 0.276 e. The fraction of sp³-hybridized carbons (Fsp3) is 0.571. The molecule has 0 aromatic heterocycles. The minimum atomic E-state index is -0.485. The standard InChI is InChI=1S/C14H19NO4/c1-10-11(15(17)18)6-5-9-13(10)19-14-8-4-2-3-7-12(14)16/h5-6,9,12,14,16H,2-4,7-8H2,1H3. The fourth-order valence-electron chi connectivity index (χ4n) is 2.48. The summed E-state index contributed by atoms with van der Waals surface area (Å²) in [6.45, 7) is 1.68. The first-order valence-corrected chi connectivity index (χ1v) is 6.68. The molecule has 0 aliphatic heterocycles. The van der Waals surface area contributed by atoms with E-state index in [-0.39, 0.29) is 11.8 Å². The molecule has 5 nitrogen and oxygen atoms in total. The number of nitro groups is 1. The molecule has 5 heteroatoms. The fourth-order valence-corrected chi connectivity index (χ4v) is 2.48. The van der Waals surface area contributed by atoms with Gasteiger partial charge in [0.1, 0.15) is 11.9 Å². The number of hydrogen-bond donors (Lipinski definition) is 1. The highest BCUT2D eigenvalue weighted by atomic mass is 16.6. The topological polar surface area (TPSA) is 72.6 Å². The molecular formula is C14H19NO4. The van der Waals surface area contributed by atoms with Crippen molar-refractivity contribution < 1.29 is 14.8 Å². The lowest BCUT2D eigenvalue weighted by Gasteiger charge is -2.22. The molecule has 1 saturated carbocycles. The number of nitro benzene ring substituents is 1. The Morgan fingerprint density at radius 2 is 2.05 bits per heavy atom. The summed E-state index contributed by atoms with van der Waals surface area (Å²) in [4.78, 5) is 10.5. The predicted molar refractivity (Wildman–Crippen MR) is 71.3 cm³/mol. The number of rotatable bonds is 3. The zero-order valence-electron chi connectivity index (χ0n) is 11.0. The lowest BCUT2D eigenvalue weighted by Crippen LogP contribution is -2.30. The van der Waals surface area contributed by atoms with E-state index in [1.165, 1.54) is 6.07 Å². The summed E-state index contributed by atoms with van der Waals surface area (Å²) in [7, 11) is 0. The van der Waals surface area contributed by atoms with E-state index in [0.29, 0.717) is 11.3 Å². The van der Waals surface area contributed by atoms with Crippen molar-refractivity contribution in [1.29, 1.82) is 0 Å². The van der Waals surface area contributed by atoms with Crippen LogP contribution in [0.15, 0.2) is 18.2 Å². The summed E-state index contributed by atoms with van der Waals surface area (Å²) in [5.41, 5.74) is 0.574. The highest BCUT2D eigenvalue weighted by molar-refractivity contribution is 5.48. The molecule has 1 aromatic rings. The third-order valence-corrected chi connectivity index (χ3v) is 3.65. The SMILES string of the molecule is Cc1c(OC2CCCCCC2O)cccc1[N+](=O)[O-]. The molecule has 1 fully saturated rings. The molecule has 2 rings (SSSR count). The van der Waals surface area contributed by atoms with Gasteiger partial charge in [-0.15, -0.1) is 0 Å². The van der Waals surface area contributed by atoms with Gasteiger partial charge in [-0.2, -0.15) is 0 Å². The van der Waals surface area contributed by atoms with E-state index < -0.39 is 11.0 Å². The van der Waals surface area contributed by atoms with Gasteiger partial charge in [-0.05, 0) is 32.3 Å². The first-order chi connectivity index (χ1) is 9.09. The van der Waals surface area contributed by atoms with Crippen molar-refractivity contribution >= 4 is 5.69 Å². The molecule has 0 radical (unpaired) electrons. The van der Waals surface area contributed by atoms with E-state index in [1.54, 1.807) is 19.1 Å². The second kappa shape index (κ2) is 6.02. The maximum atomic E-state index is 10.9. The van der Waals surface area contributed by atoms with Crippen LogP contribution in [0.25, 0.3) is 0 Å². The van der Waals surface area contributed by atoms with Crippen LogP contribution >= 0.6 is 0 Å². The molecule has 0 saturated heterocycles. The monoisotopic (exact) mass is 265 g/mol. The van der Waals surface area contributed by atoms with Gasteiger partial charge >= 0.3 is 0 Å². The van der Waals surface area contributed by atoms with Gasteiger partial charge in [-0.3, -0.25) is 10.1 Å². The van der Waals surface area contributed by atoms with Gasteiger partial charge in [0.15, 0.2) is 0 Å². The molecule has 2 unspecified atom stereocenters. The molecule has 1 aliphatic carbocycles. The number of nitrogens with zero attached hydrogens (tertiary/aromatic N) is 1. The third-order valence-electron chi connectivity index (χ3n) is 3.65. The Hall–Kier alpha value is -1.62. The third kappa shape index (κ3) is 3.23. The molecule has 2 atom stereocenters. The Morgan fingerprint density at radius 1 is 1.32 bits per heavy atom. The van der Waals surface area contributed by atoms with Crippen molar-refractivity contribution in [2.75, 3.05) is 0 Å². The molecular weight excluding hydrogens is 246 g/mol. The number of ether oxygens (including phenoxy) is 1. The summed E-state index contributed by atoms with van der Waals surface area (Å²) in [5, 5.41) is 20.9. The number of aliphatic hydroxyl groups excluding tert-OH is 1. The molecule has 1 aromatic carbocycles. The quantitative estimate of drug-likeness (QED) is 0.518. The number of benzene rings is 1. The summed E-state index contributed by atoms with van der Waals surface area (Å²) >= 11 is 0. The van der Waals surface area contributed by atoms with E-state index in [2.05, 4.69) is 0 Å². The van der Waals surface area contributed by atoms with Crippen LogP contribution in [0.1, 0.15) is 37.7 Å². The number of aliphatic hydroxyl groups is 1. The van der Waals surface area contributed by atoms with E-state index in [0.717, 1.165) is 32.1 Å². The lowest BCUT2D eigenvalue weighted by atomic mass is 10.1. The zero-order valence-corrected chi connectivity index (χ0v) is 11.0. The minimum Gasteiger partial charge on any atom is -0.487 e. The van der Waals surface area contributed by atoms with Crippen molar-refractivity contribution in [1.82, 2.24) is 0 Å². The molecule has 1 aliphatic rings. The largest absolute Gasteiger partial charge is 0.487 e. The average molecular weight is 265 g/mol. The molecule has 0 bridgehead atoms. The normalized spacial score (nSPS) is 23.7. The maximum absolute atomic E-state index is 10.9. The van der Waals surface area contributed by atoms with Gasteiger partial charge in [0.2, 0.25) is 0 Å². The second-order valence-electron chi connectivity index (χ2n) is 5.02.